The summed E-state index contributed by atoms with van der Waals surface area (Å²) in [6.07, 6.45) is 7.79. The largest absolute Gasteiger partial charge is 0.354 e. The third kappa shape index (κ3) is 9.37. The van der Waals surface area contributed by atoms with Crippen LogP contribution in [0, 0.1) is 0 Å². The minimum absolute atomic E-state index is 0.00310. The summed E-state index contributed by atoms with van der Waals surface area (Å²) in [6.45, 7) is 0.0124. The lowest BCUT2D eigenvalue weighted by Crippen LogP contribution is -2.29. The Morgan fingerprint density at radius 1 is 0.240 bits per heavy atom. The van der Waals surface area contributed by atoms with Crippen molar-refractivity contribution >= 4 is 93.6 Å². The van der Waals surface area contributed by atoms with Gasteiger partial charge in [0, 0.05) is 44.3 Å². The van der Waals surface area contributed by atoms with Crippen molar-refractivity contribution in [2.45, 2.75) is 26.2 Å². The first-order chi connectivity index (χ1) is 46.9. The summed E-state index contributed by atoms with van der Waals surface area (Å²) in [7, 11) is 0. The van der Waals surface area contributed by atoms with Crippen LogP contribution < -0.4 is 0 Å². The highest BCUT2D eigenvalue weighted by atomic mass is 16.2. The minimum atomic E-state index is -0.379. The molecule has 0 atom stereocenters. The lowest BCUT2D eigenvalue weighted by molar-refractivity contribution is 0.0627. The molecular weight excluding hydrogens is 1200 g/mol. The van der Waals surface area contributed by atoms with Gasteiger partial charge in [-0.3, -0.25) is 58.0 Å². The Hall–Kier alpha value is -13.1. The Kier molecular flexibility index (Phi) is 13.2. The van der Waals surface area contributed by atoms with E-state index in [1.54, 1.807) is 97.1 Å². The molecule has 96 heavy (non-hydrogen) atoms. The third-order valence-corrected chi connectivity index (χ3v) is 18.5. The van der Waals surface area contributed by atoms with E-state index in [4.69, 9.17) is 9.97 Å². The monoisotopic (exact) mass is 1250 g/mol. The number of nitrogens with one attached hydrogen (secondary N) is 2. The number of hydrogen-bond donors (Lipinski definition) is 2. The topological polar surface area (TPSA) is 207 Å². The molecule has 0 spiro atoms. The summed E-state index contributed by atoms with van der Waals surface area (Å²) in [5.41, 5.74) is 16.0. The van der Waals surface area contributed by atoms with Crippen LogP contribution >= 0.6 is 0 Å². The normalized spacial score (nSPS) is 14.4. The Morgan fingerprint density at radius 3 is 0.635 bits per heavy atom. The number of aromatic nitrogens is 4. The highest BCUT2D eigenvalue weighted by Crippen LogP contribution is 2.41. The molecule has 0 saturated heterocycles. The average Bonchev–Trinajstić information content (AvgIpc) is 1.61. The molecule has 0 aliphatic carbocycles. The Morgan fingerprint density at radius 2 is 0.438 bits per heavy atom. The maximum absolute atomic E-state index is 13.8. The van der Waals surface area contributed by atoms with Gasteiger partial charge in [0.05, 0.1) is 93.5 Å². The first-order valence-electron chi connectivity index (χ1n) is 31.2. The Balaban J connectivity index is 0.880. The lowest BCUT2D eigenvalue weighted by Gasteiger charge is -2.15. The van der Waals surface area contributed by atoms with E-state index in [-0.39, 0.29) is 73.4 Å². The van der Waals surface area contributed by atoms with Crippen molar-refractivity contribution in [2.75, 3.05) is 0 Å². The van der Waals surface area contributed by atoms with E-state index in [2.05, 4.69) is 9.97 Å². The molecule has 9 heterocycles. The third-order valence-electron chi connectivity index (χ3n) is 18.5. The van der Waals surface area contributed by atoms with Crippen LogP contribution in [0.15, 0.2) is 218 Å². The maximum atomic E-state index is 13.8. The molecule has 11 aromatic rings. The van der Waals surface area contributed by atoms with Crippen molar-refractivity contribution < 1.29 is 38.4 Å². The van der Waals surface area contributed by atoms with Crippen LogP contribution in [0.1, 0.15) is 128 Å². The number of amides is 8. The van der Waals surface area contributed by atoms with E-state index < -0.39 is 0 Å². The molecule has 16 nitrogen and oxygen atoms in total. The number of fused-ring (bicyclic) bond motifs is 12. The summed E-state index contributed by atoms with van der Waals surface area (Å²) >= 11 is 0. The van der Waals surface area contributed by atoms with Crippen LogP contribution in [-0.2, 0) is 26.2 Å². The van der Waals surface area contributed by atoms with Gasteiger partial charge in [-0.2, -0.15) is 0 Å². The van der Waals surface area contributed by atoms with Gasteiger partial charge in [-0.15, -0.1) is 0 Å². The Bertz CT molecular complexity index is 4800. The van der Waals surface area contributed by atoms with E-state index >= 15 is 0 Å². The molecular formula is C80H50N8O8. The number of aromatic amines is 2. The number of hydrogen-bond acceptors (Lipinski definition) is 10. The van der Waals surface area contributed by atoms with Gasteiger partial charge in [0.2, 0.25) is 0 Å². The standard InChI is InChI=1S/C80H50N8O8/c89-73-53-21-1-2-22-54(53)74(90)85(73)41-45-13-9-17-49(37-45)69-61-29-31-63(81-61)70(50-18-10-14-46(38-50)42-86-75(91)55-23-3-4-24-56(55)76(86)92)65-33-35-67(83-65)72(52-20-12-16-48(40-52)44-88-79(95)59-27-7-8-28-60(59)80(88)96)68-36-34-66(84-68)71(64-32-30-62(69)82-64)51-19-11-15-47(39-51)43-87-77(93)57-25-5-6-26-58(57)78(87)94/h1-40,81,84H,41-44H2. The zero-order valence-corrected chi connectivity index (χ0v) is 50.9. The molecule has 458 valence electrons. The van der Waals surface area contributed by atoms with Crippen LogP contribution in [0.2, 0.25) is 0 Å². The van der Waals surface area contributed by atoms with Gasteiger partial charge >= 0.3 is 0 Å². The molecule has 0 saturated carbocycles. The van der Waals surface area contributed by atoms with Crippen molar-refractivity contribution in [1.29, 1.82) is 0 Å². The first kappa shape index (κ1) is 56.9. The molecule has 16 heteroatoms. The number of H-pyrrole nitrogens is 2. The van der Waals surface area contributed by atoms with Gasteiger partial charge in [-0.25, -0.2) is 9.97 Å². The predicted molar refractivity (Wildman–Crippen MR) is 363 cm³/mol. The van der Waals surface area contributed by atoms with Crippen molar-refractivity contribution in [2.24, 2.45) is 0 Å². The van der Waals surface area contributed by atoms with Gasteiger partial charge in [-0.05, 0) is 166 Å². The van der Waals surface area contributed by atoms with Gasteiger partial charge in [-0.1, -0.05) is 121 Å². The van der Waals surface area contributed by atoms with Crippen LogP contribution in [0.25, 0.3) is 90.9 Å². The fourth-order valence-corrected chi connectivity index (χ4v) is 14.0. The van der Waals surface area contributed by atoms with E-state index in [1.165, 1.54) is 19.6 Å². The fraction of sp³-hybridized carbons (Fsp3) is 0.0500. The van der Waals surface area contributed by atoms with Crippen molar-refractivity contribution in [3.05, 3.63) is 308 Å². The maximum Gasteiger partial charge on any atom is 0.261 e. The Labute approximate surface area is 547 Å². The van der Waals surface area contributed by atoms with Crippen LogP contribution in [0.5, 0.6) is 0 Å². The van der Waals surface area contributed by atoms with Crippen LogP contribution in [0.4, 0.5) is 0 Å². The van der Waals surface area contributed by atoms with E-state index in [0.717, 1.165) is 22.3 Å². The second-order valence-electron chi connectivity index (χ2n) is 24.3. The van der Waals surface area contributed by atoms with Crippen molar-refractivity contribution in [3.63, 3.8) is 0 Å². The summed E-state index contributed by atoms with van der Waals surface area (Å²) in [6, 6.07) is 65.9. The van der Waals surface area contributed by atoms with E-state index in [9.17, 15) is 38.4 Å². The predicted octanol–water partition coefficient (Wildman–Crippen LogP) is 14.5. The summed E-state index contributed by atoms with van der Waals surface area (Å²) in [5.74, 6) is -3.03. The number of carbonyl (C=O) groups is 8. The molecule has 0 unspecified atom stereocenters. The molecule has 0 fully saturated rings. The molecule has 3 aromatic heterocycles. The number of carbonyl (C=O) groups excluding carboxylic acids is 8. The molecule has 8 amide bonds. The number of imide groups is 4. The second-order valence-corrected chi connectivity index (χ2v) is 24.3. The first-order valence-corrected chi connectivity index (χ1v) is 31.2. The van der Waals surface area contributed by atoms with E-state index in [0.29, 0.717) is 134 Å². The summed E-state index contributed by atoms with van der Waals surface area (Å²) in [4.78, 5) is 134. The van der Waals surface area contributed by atoms with Crippen molar-refractivity contribution in [3.8, 4) is 44.5 Å². The van der Waals surface area contributed by atoms with Gasteiger partial charge in [0.1, 0.15) is 0 Å². The SMILES string of the molecule is O=C1c2ccccc2C(=O)N1Cc1cccc(-c2c3nc(c(-c4cccc(CN5C(=O)c6ccccc6C5=O)c4)c4ccc([nH]4)c(-c4cccc(CN5C(=O)c6ccccc6C5=O)c4)c4nc(c(-c5cccc(CN6C(=O)c7ccccc7C6=O)c5)c5ccc2[nH]5)C=C4)C=C3)c1. The highest BCUT2D eigenvalue weighted by molar-refractivity contribution is 6.24. The molecule has 6 aliphatic heterocycles. The summed E-state index contributed by atoms with van der Waals surface area (Å²) in [5, 5.41) is 0. The lowest BCUT2D eigenvalue weighted by atomic mass is 10.0. The van der Waals surface area contributed by atoms with Crippen molar-refractivity contribution in [1.82, 2.24) is 39.5 Å². The van der Waals surface area contributed by atoms with Gasteiger partial charge in [0.15, 0.2) is 0 Å². The molecule has 6 aliphatic rings. The minimum Gasteiger partial charge on any atom is -0.354 e. The zero-order chi connectivity index (χ0) is 65.0. The zero-order valence-electron chi connectivity index (χ0n) is 50.9. The van der Waals surface area contributed by atoms with Crippen LogP contribution in [0.3, 0.4) is 0 Å². The molecule has 17 rings (SSSR count). The fourth-order valence-electron chi connectivity index (χ4n) is 14.0. The smallest absolute Gasteiger partial charge is 0.261 e. The molecule has 8 aromatic carbocycles. The number of nitrogens with zero attached hydrogens (tertiary/aromatic N) is 6. The molecule has 0 radical (unpaired) electrons. The molecule has 8 bridgehead atoms. The summed E-state index contributed by atoms with van der Waals surface area (Å²) < 4.78 is 0. The molecule has 2 N–H and O–H groups in total. The number of rotatable bonds is 12. The van der Waals surface area contributed by atoms with Gasteiger partial charge in [0.25, 0.3) is 47.3 Å². The van der Waals surface area contributed by atoms with Crippen LogP contribution in [-0.4, -0.2) is 86.8 Å². The van der Waals surface area contributed by atoms with E-state index in [1.807, 2.05) is 146 Å². The highest BCUT2D eigenvalue weighted by Gasteiger charge is 2.39. The number of benzene rings is 8. The second kappa shape index (κ2) is 22.4. The average molecular weight is 1250 g/mol. The quantitative estimate of drug-likeness (QED) is 0.111. The van der Waals surface area contributed by atoms with Gasteiger partial charge < -0.3 is 9.97 Å².